The van der Waals surface area contributed by atoms with Crippen LogP contribution in [0.15, 0.2) is 72.9 Å². The average Bonchev–Trinajstić information content (AvgIpc) is 3.24. The molecule has 0 fully saturated rings. The second-order valence-corrected chi connectivity index (χ2v) is 18.0. The SMILES string of the molecule is CCCCC/C=C/C/C=C/C/C=C/C/C=C/C/C=C/CCCCC(=O)OCC(COCCC(C(=O)[O-])[N+](C)(C)C)OC(=O)CCCCCCC/C=C/CCCCCCCCCCC. The molecule has 0 spiro atoms. The number of carbonyl (C=O) groups excluding carboxylic acids is 3. The van der Waals surface area contributed by atoms with Crippen LogP contribution in [0.1, 0.15) is 206 Å². The molecule has 0 radical (unpaired) electrons. The number of likely N-dealkylation sites (N-methyl/N-ethyl adjacent to an activating group) is 1. The van der Waals surface area contributed by atoms with E-state index in [0.717, 1.165) is 70.6 Å². The lowest BCUT2D eigenvalue weighted by Gasteiger charge is -2.34. The summed E-state index contributed by atoms with van der Waals surface area (Å²) in [7, 11) is 5.39. The summed E-state index contributed by atoms with van der Waals surface area (Å²) in [6.07, 6.45) is 57.9. The highest BCUT2D eigenvalue weighted by atomic mass is 16.6. The van der Waals surface area contributed by atoms with Gasteiger partial charge >= 0.3 is 11.9 Å². The maximum atomic E-state index is 12.8. The molecule has 0 aromatic carbocycles. The van der Waals surface area contributed by atoms with Crippen LogP contribution >= 0.6 is 0 Å². The number of hydrogen-bond donors (Lipinski definition) is 0. The molecule has 362 valence electrons. The summed E-state index contributed by atoms with van der Waals surface area (Å²) in [4.78, 5) is 37.0. The number of ether oxygens (including phenoxy) is 3. The first-order valence-corrected chi connectivity index (χ1v) is 25.5. The van der Waals surface area contributed by atoms with Crippen molar-refractivity contribution >= 4 is 17.9 Å². The Bertz CT molecular complexity index is 1260. The molecule has 0 aliphatic carbocycles. The first kappa shape index (κ1) is 59.8. The standard InChI is InChI=1S/C55H95NO7/c1-6-8-10-12-14-16-18-20-22-24-26-27-28-30-31-33-35-37-39-41-43-45-53(57)62-50-51(49-61-48-47-52(55(59)60)56(3,4)5)63-54(58)46-44-42-40-38-36-34-32-29-25-23-21-19-17-15-13-11-9-7-2/h14,16,20,22,26-27,29-32,35,37,51-52H,6-13,15,17-19,21,23-25,28,33-34,36,38-50H2,1-5H3/b16-14+,22-20+,27-26+,31-30+,32-29+,37-35+. The average molecular weight is 882 g/mol. The third kappa shape index (κ3) is 43.8. The fourth-order valence-corrected chi connectivity index (χ4v) is 7.08. The van der Waals surface area contributed by atoms with Crippen LogP contribution in [0.5, 0.6) is 0 Å². The number of unbranched alkanes of at least 4 members (excludes halogenated alkanes) is 19. The minimum absolute atomic E-state index is 0.0206. The van der Waals surface area contributed by atoms with E-state index in [9.17, 15) is 19.5 Å². The smallest absolute Gasteiger partial charge is 0.306 e. The van der Waals surface area contributed by atoms with Gasteiger partial charge in [-0.15, -0.1) is 0 Å². The van der Waals surface area contributed by atoms with Crippen molar-refractivity contribution in [1.29, 1.82) is 0 Å². The predicted molar refractivity (Wildman–Crippen MR) is 263 cm³/mol. The normalized spacial score (nSPS) is 13.5. The molecule has 0 aliphatic rings. The monoisotopic (exact) mass is 882 g/mol. The molecule has 0 aliphatic heterocycles. The summed E-state index contributed by atoms with van der Waals surface area (Å²) in [5.74, 6) is -1.80. The molecule has 0 rings (SSSR count). The quantitative estimate of drug-likeness (QED) is 0.0260. The highest BCUT2D eigenvalue weighted by Gasteiger charge is 2.25. The Morgan fingerprint density at radius 2 is 0.841 bits per heavy atom. The van der Waals surface area contributed by atoms with E-state index >= 15 is 0 Å². The second-order valence-electron chi connectivity index (χ2n) is 18.0. The molecule has 2 unspecified atom stereocenters. The molecule has 0 N–H and O–H groups in total. The summed E-state index contributed by atoms with van der Waals surface area (Å²) >= 11 is 0. The third-order valence-electron chi connectivity index (χ3n) is 11.1. The first-order chi connectivity index (χ1) is 30.6. The van der Waals surface area contributed by atoms with Gasteiger partial charge in [-0.2, -0.15) is 0 Å². The van der Waals surface area contributed by atoms with E-state index in [0.29, 0.717) is 19.3 Å². The van der Waals surface area contributed by atoms with Crippen molar-refractivity contribution in [3.8, 4) is 0 Å². The second kappa shape index (κ2) is 45.3. The van der Waals surface area contributed by atoms with Crippen LogP contribution in [0, 0.1) is 0 Å². The molecule has 0 saturated heterocycles. The molecule has 2 atom stereocenters. The Morgan fingerprint density at radius 1 is 0.476 bits per heavy atom. The highest BCUT2D eigenvalue weighted by molar-refractivity contribution is 5.70. The van der Waals surface area contributed by atoms with E-state index in [-0.39, 0.29) is 42.7 Å². The van der Waals surface area contributed by atoms with Crippen molar-refractivity contribution in [1.82, 2.24) is 0 Å². The van der Waals surface area contributed by atoms with E-state index in [2.05, 4.69) is 86.8 Å². The van der Waals surface area contributed by atoms with Gasteiger partial charge < -0.3 is 28.6 Å². The zero-order valence-electron chi connectivity index (χ0n) is 41.2. The van der Waals surface area contributed by atoms with E-state index < -0.39 is 18.1 Å². The van der Waals surface area contributed by atoms with Gasteiger partial charge in [-0.05, 0) is 89.9 Å². The van der Waals surface area contributed by atoms with Crippen LogP contribution < -0.4 is 5.11 Å². The van der Waals surface area contributed by atoms with E-state index in [4.69, 9.17) is 14.2 Å². The number of allylic oxidation sites excluding steroid dienone is 12. The zero-order valence-corrected chi connectivity index (χ0v) is 41.2. The molecule has 8 nitrogen and oxygen atoms in total. The largest absolute Gasteiger partial charge is 0.544 e. The Kier molecular flexibility index (Phi) is 43.0. The summed E-state index contributed by atoms with van der Waals surface area (Å²) in [5.41, 5.74) is 0. The zero-order chi connectivity index (χ0) is 46.3. The molecule has 0 aromatic heterocycles. The number of carboxylic acid groups (broad SMARTS) is 1. The fraction of sp³-hybridized carbons (Fsp3) is 0.727. The van der Waals surface area contributed by atoms with E-state index in [1.165, 1.54) is 96.3 Å². The minimum atomic E-state index is -1.13. The lowest BCUT2D eigenvalue weighted by Crippen LogP contribution is -2.55. The third-order valence-corrected chi connectivity index (χ3v) is 11.1. The fourth-order valence-electron chi connectivity index (χ4n) is 7.08. The minimum Gasteiger partial charge on any atom is -0.544 e. The van der Waals surface area contributed by atoms with Crippen molar-refractivity contribution < 1.29 is 38.2 Å². The number of esters is 2. The number of carboxylic acids is 1. The number of aliphatic carboxylic acids is 1. The molecule has 0 aromatic rings. The Labute approximate surface area is 387 Å². The summed E-state index contributed by atoms with van der Waals surface area (Å²) < 4.78 is 17.2. The van der Waals surface area contributed by atoms with E-state index in [1.807, 2.05) is 0 Å². The van der Waals surface area contributed by atoms with Gasteiger partial charge in [0.15, 0.2) is 6.10 Å². The van der Waals surface area contributed by atoms with Crippen LogP contribution in [0.3, 0.4) is 0 Å². The van der Waals surface area contributed by atoms with Crippen molar-refractivity contribution in [2.24, 2.45) is 0 Å². The molecule has 0 saturated carbocycles. The van der Waals surface area contributed by atoms with Crippen molar-refractivity contribution in [2.75, 3.05) is 41.0 Å². The summed E-state index contributed by atoms with van der Waals surface area (Å²) in [5, 5.41) is 11.7. The first-order valence-electron chi connectivity index (χ1n) is 25.5. The lowest BCUT2D eigenvalue weighted by atomic mass is 10.1. The van der Waals surface area contributed by atoms with Crippen LogP contribution in [-0.4, -0.2) is 75.5 Å². The van der Waals surface area contributed by atoms with Gasteiger partial charge in [0.05, 0.1) is 40.3 Å². The highest BCUT2D eigenvalue weighted by Crippen LogP contribution is 2.14. The molecule has 8 heteroatoms. The number of nitrogens with zero attached hydrogens (tertiary/aromatic N) is 1. The number of quaternary nitrogens is 1. The number of carbonyl (C=O) groups is 3. The van der Waals surface area contributed by atoms with Gasteiger partial charge in [-0.3, -0.25) is 9.59 Å². The van der Waals surface area contributed by atoms with Crippen LogP contribution in [0.2, 0.25) is 0 Å². The van der Waals surface area contributed by atoms with Gasteiger partial charge in [0.25, 0.3) is 0 Å². The Hall–Kier alpha value is -3.23. The predicted octanol–water partition coefficient (Wildman–Crippen LogP) is 13.4. The van der Waals surface area contributed by atoms with Crippen molar-refractivity contribution in [3.05, 3.63) is 72.9 Å². The lowest BCUT2D eigenvalue weighted by molar-refractivity contribution is -0.889. The van der Waals surface area contributed by atoms with Gasteiger partial charge in [-0.25, -0.2) is 0 Å². The molecular weight excluding hydrogens is 787 g/mol. The van der Waals surface area contributed by atoms with Crippen molar-refractivity contribution in [3.63, 3.8) is 0 Å². The number of rotatable bonds is 45. The molecular formula is C55H95NO7. The van der Waals surface area contributed by atoms with E-state index in [1.54, 1.807) is 21.1 Å². The molecule has 0 amide bonds. The summed E-state index contributed by atoms with van der Waals surface area (Å²) in [6, 6.07) is -0.737. The van der Waals surface area contributed by atoms with Crippen molar-refractivity contribution in [2.45, 2.75) is 219 Å². The molecule has 0 bridgehead atoms. The van der Waals surface area contributed by atoms with Crippen LogP contribution in [0.25, 0.3) is 0 Å². The topological polar surface area (TPSA) is 102 Å². The maximum absolute atomic E-state index is 12.8. The van der Waals surface area contributed by atoms with Crippen LogP contribution in [-0.2, 0) is 28.6 Å². The van der Waals surface area contributed by atoms with Gasteiger partial charge in [0.2, 0.25) is 0 Å². The summed E-state index contributed by atoms with van der Waals surface area (Å²) in [6.45, 7) is 4.59. The number of hydrogen-bond acceptors (Lipinski definition) is 7. The Morgan fingerprint density at radius 3 is 1.32 bits per heavy atom. The molecule has 63 heavy (non-hydrogen) atoms. The molecule has 0 heterocycles. The van der Waals surface area contributed by atoms with Gasteiger partial charge in [0.1, 0.15) is 12.6 Å². The Balaban J connectivity index is 4.37. The van der Waals surface area contributed by atoms with Gasteiger partial charge in [-0.1, -0.05) is 170 Å². The maximum Gasteiger partial charge on any atom is 0.306 e. The van der Waals surface area contributed by atoms with Crippen LogP contribution in [0.4, 0.5) is 0 Å². The van der Waals surface area contributed by atoms with Gasteiger partial charge in [0, 0.05) is 19.3 Å².